The highest BCUT2D eigenvalue weighted by Crippen LogP contribution is 2.38. The zero-order valence-corrected chi connectivity index (χ0v) is 15.2. The molecule has 6 heteroatoms. The van der Waals surface area contributed by atoms with Gasteiger partial charge in [0.05, 0.1) is 11.3 Å². The van der Waals surface area contributed by atoms with Gasteiger partial charge in [-0.1, -0.05) is 23.7 Å². The molecule has 1 heterocycles. The third-order valence-corrected chi connectivity index (χ3v) is 4.58. The van der Waals surface area contributed by atoms with Crippen molar-refractivity contribution in [3.63, 3.8) is 0 Å². The average Bonchev–Trinajstić information content (AvgIpc) is 2.78. The normalized spacial score (nSPS) is 12.5. The Hall–Kier alpha value is -3.31. The van der Waals surface area contributed by atoms with Crippen molar-refractivity contribution >= 4 is 34.8 Å². The third kappa shape index (κ3) is 3.25. The summed E-state index contributed by atoms with van der Waals surface area (Å²) < 4.78 is 5.91. The van der Waals surface area contributed by atoms with Crippen LogP contribution in [0.1, 0.15) is 20.7 Å². The lowest BCUT2D eigenvalue weighted by Gasteiger charge is -2.16. The summed E-state index contributed by atoms with van der Waals surface area (Å²) in [4.78, 5) is 26.8. The number of rotatable bonds is 2. The fourth-order valence-electron chi connectivity index (χ4n) is 2.90. The van der Waals surface area contributed by atoms with E-state index in [0.717, 1.165) is 0 Å². The first-order chi connectivity index (χ1) is 13.0. The van der Waals surface area contributed by atoms with E-state index < -0.39 is 0 Å². The summed E-state index contributed by atoms with van der Waals surface area (Å²) >= 11 is 5.85. The van der Waals surface area contributed by atoms with Crippen LogP contribution in [0, 0.1) is 0 Å². The van der Waals surface area contributed by atoms with Crippen LogP contribution in [0.15, 0.2) is 66.7 Å². The van der Waals surface area contributed by atoms with Crippen LogP contribution in [0.25, 0.3) is 0 Å². The number of benzene rings is 3. The van der Waals surface area contributed by atoms with Crippen molar-refractivity contribution < 1.29 is 14.3 Å². The molecule has 0 radical (unpaired) electrons. The highest BCUT2D eigenvalue weighted by atomic mass is 35.5. The van der Waals surface area contributed by atoms with E-state index in [0.29, 0.717) is 39.0 Å². The van der Waals surface area contributed by atoms with Crippen molar-refractivity contribution in [1.82, 2.24) is 0 Å². The van der Waals surface area contributed by atoms with Crippen LogP contribution < -0.4 is 15.0 Å². The Morgan fingerprint density at radius 1 is 1.00 bits per heavy atom. The highest BCUT2D eigenvalue weighted by molar-refractivity contribution is 6.30. The van der Waals surface area contributed by atoms with Gasteiger partial charge in [0.25, 0.3) is 11.8 Å². The molecule has 0 aliphatic carbocycles. The number of halogens is 1. The van der Waals surface area contributed by atoms with Crippen LogP contribution in [0.4, 0.5) is 11.4 Å². The Kier molecular flexibility index (Phi) is 4.30. The van der Waals surface area contributed by atoms with Gasteiger partial charge in [0, 0.05) is 23.3 Å². The predicted molar refractivity (Wildman–Crippen MR) is 105 cm³/mol. The quantitative estimate of drug-likeness (QED) is 0.684. The lowest BCUT2D eigenvalue weighted by molar-refractivity contribution is 0.0990. The van der Waals surface area contributed by atoms with E-state index in [1.807, 2.05) is 24.3 Å². The monoisotopic (exact) mass is 378 g/mol. The molecule has 0 aromatic heterocycles. The standard InChI is InChI=1S/C21H15ClN2O3/c1-24-17-4-2-3-5-19(17)27-18-11-10-15(12-16(18)21(24)26)23-20(25)13-6-8-14(22)9-7-13/h2-12H,1H3,(H,23,25). The van der Waals surface area contributed by atoms with Gasteiger partial charge >= 0.3 is 0 Å². The van der Waals surface area contributed by atoms with Crippen LogP contribution >= 0.6 is 11.6 Å². The van der Waals surface area contributed by atoms with Crippen molar-refractivity contribution in [2.24, 2.45) is 0 Å². The van der Waals surface area contributed by atoms with E-state index in [9.17, 15) is 9.59 Å². The van der Waals surface area contributed by atoms with E-state index in [1.165, 1.54) is 4.90 Å². The van der Waals surface area contributed by atoms with Gasteiger partial charge in [-0.15, -0.1) is 0 Å². The molecule has 0 fully saturated rings. The predicted octanol–water partition coefficient (Wildman–Crippen LogP) is 4.97. The van der Waals surface area contributed by atoms with Gasteiger partial charge in [-0.05, 0) is 54.6 Å². The second-order valence-corrected chi connectivity index (χ2v) is 6.54. The molecule has 134 valence electrons. The zero-order chi connectivity index (χ0) is 19.0. The minimum atomic E-state index is -0.287. The van der Waals surface area contributed by atoms with Gasteiger partial charge in [-0.25, -0.2) is 0 Å². The summed E-state index contributed by atoms with van der Waals surface area (Å²) in [6, 6.07) is 18.9. The van der Waals surface area contributed by atoms with Crippen molar-refractivity contribution in [2.75, 3.05) is 17.3 Å². The molecule has 0 bridgehead atoms. The van der Waals surface area contributed by atoms with Crippen LogP contribution in [-0.4, -0.2) is 18.9 Å². The number of carbonyl (C=O) groups excluding carboxylic acids is 2. The first kappa shape index (κ1) is 17.1. The van der Waals surface area contributed by atoms with Crippen molar-refractivity contribution in [1.29, 1.82) is 0 Å². The Balaban J connectivity index is 1.65. The molecule has 4 rings (SSSR count). The molecule has 0 atom stereocenters. The molecule has 0 saturated carbocycles. The van der Waals surface area contributed by atoms with Crippen molar-refractivity contribution in [3.8, 4) is 11.5 Å². The van der Waals surface area contributed by atoms with E-state index in [4.69, 9.17) is 16.3 Å². The van der Waals surface area contributed by atoms with E-state index in [2.05, 4.69) is 5.32 Å². The second kappa shape index (κ2) is 6.78. The molecule has 27 heavy (non-hydrogen) atoms. The molecule has 3 aromatic rings. The first-order valence-electron chi connectivity index (χ1n) is 8.29. The largest absolute Gasteiger partial charge is 0.454 e. The van der Waals surface area contributed by atoms with E-state index in [1.54, 1.807) is 49.5 Å². The van der Waals surface area contributed by atoms with Gasteiger partial charge in [-0.2, -0.15) is 0 Å². The summed E-state index contributed by atoms with van der Waals surface area (Å²) in [6.07, 6.45) is 0. The Morgan fingerprint density at radius 2 is 1.74 bits per heavy atom. The third-order valence-electron chi connectivity index (χ3n) is 4.33. The summed E-state index contributed by atoms with van der Waals surface area (Å²) in [5.74, 6) is 0.550. The molecule has 0 spiro atoms. The number of para-hydroxylation sites is 2. The number of fused-ring (bicyclic) bond motifs is 2. The van der Waals surface area contributed by atoms with Gasteiger partial charge in [0.2, 0.25) is 0 Å². The molecule has 0 unspecified atom stereocenters. The van der Waals surface area contributed by atoms with Crippen LogP contribution in [0.2, 0.25) is 5.02 Å². The molecule has 2 amide bonds. The van der Waals surface area contributed by atoms with Gasteiger partial charge < -0.3 is 15.0 Å². The van der Waals surface area contributed by atoms with Crippen LogP contribution in [-0.2, 0) is 0 Å². The second-order valence-electron chi connectivity index (χ2n) is 6.11. The number of anilines is 2. The summed E-state index contributed by atoms with van der Waals surface area (Å²) in [5, 5.41) is 3.35. The average molecular weight is 379 g/mol. The van der Waals surface area contributed by atoms with Crippen molar-refractivity contribution in [2.45, 2.75) is 0 Å². The zero-order valence-electron chi connectivity index (χ0n) is 14.4. The maximum atomic E-state index is 12.9. The van der Waals surface area contributed by atoms with Crippen LogP contribution in [0.5, 0.6) is 11.5 Å². The lowest BCUT2D eigenvalue weighted by Crippen LogP contribution is -2.25. The SMILES string of the molecule is CN1C(=O)c2cc(NC(=O)c3ccc(Cl)cc3)ccc2Oc2ccccc21. The number of nitrogens with one attached hydrogen (secondary N) is 1. The summed E-state index contributed by atoms with van der Waals surface area (Å²) in [7, 11) is 1.69. The fraction of sp³-hybridized carbons (Fsp3) is 0.0476. The van der Waals surface area contributed by atoms with Gasteiger partial charge in [-0.3, -0.25) is 9.59 Å². The molecule has 1 aliphatic heterocycles. The maximum absolute atomic E-state index is 12.9. The van der Waals surface area contributed by atoms with E-state index in [-0.39, 0.29) is 11.8 Å². The number of hydrogen-bond acceptors (Lipinski definition) is 3. The summed E-state index contributed by atoms with van der Waals surface area (Å²) in [6.45, 7) is 0. The number of amides is 2. The van der Waals surface area contributed by atoms with Gasteiger partial charge in [0.15, 0.2) is 5.75 Å². The van der Waals surface area contributed by atoms with Crippen molar-refractivity contribution in [3.05, 3.63) is 82.9 Å². The minimum Gasteiger partial charge on any atom is -0.454 e. The number of nitrogens with zero attached hydrogens (tertiary/aromatic N) is 1. The topological polar surface area (TPSA) is 58.6 Å². The van der Waals surface area contributed by atoms with E-state index >= 15 is 0 Å². The molecule has 3 aromatic carbocycles. The molecule has 1 N–H and O–H groups in total. The minimum absolute atomic E-state index is 0.211. The van der Waals surface area contributed by atoms with Gasteiger partial charge in [0.1, 0.15) is 5.75 Å². The number of carbonyl (C=O) groups is 2. The lowest BCUT2D eigenvalue weighted by atomic mass is 10.1. The maximum Gasteiger partial charge on any atom is 0.261 e. The number of ether oxygens (including phenoxy) is 1. The Bertz CT molecular complexity index is 1050. The number of hydrogen-bond donors (Lipinski definition) is 1. The fourth-order valence-corrected chi connectivity index (χ4v) is 3.02. The highest BCUT2D eigenvalue weighted by Gasteiger charge is 2.25. The molecular weight excluding hydrogens is 364 g/mol. The molecular formula is C21H15ClN2O3. The molecule has 1 aliphatic rings. The smallest absolute Gasteiger partial charge is 0.261 e. The molecule has 5 nitrogen and oxygen atoms in total. The Labute approximate surface area is 161 Å². The first-order valence-corrected chi connectivity index (χ1v) is 8.66. The Morgan fingerprint density at radius 3 is 2.52 bits per heavy atom. The van der Waals surface area contributed by atoms with Crippen LogP contribution in [0.3, 0.4) is 0 Å². The summed E-state index contributed by atoms with van der Waals surface area (Å²) in [5.41, 5.74) is 2.04. The molecule has 0 saturated heterocycles.